The van der Waals surface area contributed by atoms with Crippen LogP contribution in [0.2, 0.25) is 0 Å². The summed E-state index contributed by atoms with van der Waals surface area (Å²) in [7, 11) is 0. The molecule has 0 saturated heterocycles. The van der Waals surface area contributed by atoms with Crippen molar-refractivity contribution in [3.8, 4) is 16.9 Å². The fourth-order valence-corrected chi connectivity index (χ4v) is 3.81. The maximum Gasteiger partial charge on any atom is 0.262 e. The Balaban J connectivity index is 0.00000182. The molecule has 0 atom stereocenters. The van der Waals surface area contributed by atoms with E-state index in [9.17, 15) is 0 Å². The molecule has 1 aliphatic heterocycles. The van der Waals surface area contributed by atoms with E-state index in [1.54, 1.807) is 0 Å². The van der Waals surface area contributed by atoms with Crippen LogP contribution < -0.4 is 21.5 Å². The van der Waals surface area contributed by atoms with Crippen LogP contribution in [0.4, 0.5) is 0 Å². The number of imidazole rings is 1. The highest BCUT2D eigenvalue weighted by atomic mass is 79.9. The predicted octanol–water partition coefficient (Wildman–Crippen LogP) is 2.23. The first-order chi connectivity index (χ1) is 11.7. The lowest BCUT2D eigenvalue weighted by Crippen LogP contribution is -3.00. The highest BCUT2D eigenvalue weighted by molar-refractivity contribution is 9.10. The molecular weight excluding hydrogens is 440 g/mol. The van der Waals surface area contributed by atoms with Gasteiger partial charge in [-0.1, -0.05) is 33.6 Å². The second kappa shape index (κ2) is 7.88. The van der Waals surface area contributed by atoms with Crippen LogP contribution in [0.15, 0.2) is 59.2 Å². The van der Waals surface area contributed by atoms with Crippen molar-refractivity contribution in [1.29, 1.82) is 0 Å². The molecule has 0 amide bonds. The first-order valence-corrected chi connectivity index (χ1v) is 9.49. The van der Waals surface area contributed by atoms with Crippen LogP contribution in [0.5, 0.6) is 0 Å². The molecule has 2 heterocycles. The van der Waals surface area contributed by atoms with E-state index in [1.807, 2.05) is 0 Å². The number of benzene rings is 2. The van der Waals surface area contributed by atoms with Gasteiger partial charge < -0.3 is 17.0 Å². The molecule has 0 N–H and O–H groups in total. The Morgan fingerprint density at radius 1 is 0.920 bits per heavy atom. The number of aryl methyl sites for hydroxylation is 2. The van der Waals surface area contributed by atoms with E-state index in [0.717, 1.165) is 17.4 Å². The van der Waals surface area contributed by atoms with Gasteiger partial charge in [0.2, 0.25) is 0 Å². The Kier molecular flexibility index (Phi) is 5.80. The Morgan fingerprint density at radius 3 is 2.36 bits per heavy atom. The molecule has 4 rings (SSSR count). The van der Waals surface area contributed by atoms with Gasteiger partial charge in [-0.15, -0.1) is 0 Å². The average Bonchev–Trinajstić information content (AvgIpc) is 2.79. The van der Waals surface area contributed by atoms with Crippen molar-refractivity contribution in [2.45, 2.75) is 39.2 Å². The van der Waals surface area contributed by atoms with Gasteiger partial charge in [0.1, 0.15) is 11.9 Å². The van der Waals surface area contributed by atoms with Gasteiger partial charge >= 0.3 is 0 Å². The first-order valence-electron chi connectivity index (χ1n) is 8.69. The van der Waals surface area contributed by atoms with Gasteiger partial charge in [0.15, 0.2) is 5.69 Å². The van der Waals surface area contributed by atoms with Crippen molar-refractivity contribution in [1.82, 2.24) is 4.57 Å². The predicted molar refractivity (Wildman–Crippen MR) is 101 cm³/mol. The molecule has 0 radical (unpaired) electrons. The van der Waals surface area contributed by atoms with Crippen LogP contribution in [-0.4, -0.2) is 4.57 Å². The summed E-state index contributed by atoms with van der Waals surface area (Å²) in [6.45, 7) is 3.27. The molecule has 3 aromatic rings. The van der Waals surface area contributed by atoms with E-state index in [4.69, 9.17) is 0 Å². The van der Waals surface area contributed by atoms with Crippen LogP contribution >= 0.6 is 15.9 Å². The third kappa shape index (κ3) is 3.75. The minimum absolute atomic E-state index is 0. The molecule has 1 aromatic heterocycles. The van der Waals surface area contributed by atoms with Crippen molar-refractivity contribution in [3.05, 3.63) is 70.6 Å². The average molecular weight is 462 g/mol. The molecule has 25 heavy (non-hydrogen) atoms. The number of hydrogen-bond acceptors (Lipinski definition) is 0. The lowest BCUT2D eigenvalue weighted by atomic mass is 10.1. The zero-order valence-corrected chi connectivity index (χ0v) is 17.6. The van der Waals surface area contributed by atoms with Gasteiger partial charge in [-0.05, 0) is 62.6 Å². The summed E-state index contributed by atoms with van der Waals surface area (Å²) >= 11 is 3.54. The highest BCUT2D eigenvalue weighted by Crippen LogP contribution is 2.27. The molecule has 130 valence electrons. The number of halogens is 2. The van der Waals surface area contributed by atoms with E-state index in [-0.39, 0.29) is 17.0 Å². The zero-order valence-electron chi connectivity index (χ0n) is 14.4. The van der Waals surface area contributed by atoms with E-state index >= 15 is 0 Å². The summed E-state index contributed by atoms with van der Waals surface area (Å²) in [6, 6.07) is 17.5. The van der Waals surface area contributed by atoms with E-state index < -0.39 is 0 Å². The Labute approximate surface area is 168 Å². The van der Waals surface area contributed by atoms with Crippen molar-refractivity contribution in [2.75, 3.05) is 0 Å². The quantitative estimate of drug-likeness (QED) is 0.517. The van der Waals surface area contributed by atoms with Gasteiger partial charge in [0, 0.05) is 16.5 Å². The Bertz CT molecular complexity index is 849. The van der Waals surface area contributed by atoms with Crippen molar-refractivity contribution in [2.24, 2.45) is 0 Å². The minimum Gasteiger partial charge on any atom is -1.00 e. The molecule has 0 aliphatic carbocycles. The van der Waals surface area contributed by atoms with Crippen molar-refractivity contribution in [3.63, 3.8) is 0 Å². The molecule has 1 aliphatic rings. The summed E-state index contributed by atoms with van der Waals surface area (Å²) in [5.41, 5.74) is 5.10. The van der Waals surface area contributed by atoms with Crippen molar-refractivity contribution < 1.29 is 21.5 Å². The first kappa shape index (κ1) is 18.4. The van der Waals surface area contributed by atoms with Crippen LogP contribution in [-0.2, 0) is 13.0 Å². The smallest absolute Gasteiger partial charge is 0.262 e. The number of hydrogen-bond donors (Lipinski definition) is 0. The molecule has 0 unspecified atom stereocenters. The molecule has 4 heteroatoms. The highest BCUT2D eigenvalue weighted by Gasteiger charge is 2.26. The van der Waals surface area contributed by atoms with Crippen LogP contribution in [0.1, 0.15) is 30.7 Å². The van der Waals surface area contributed by atoms with Gasteiger partial charge in [-0.25, -0.2) is 4.57 Å². The van der Waals surface area contributed by atoms with E-state index in [2.05, 4.69) is 86.7 Å². The summed E-state index contributed by atoms with van der Waals surface area (Å²) in [5.74, 6) is 1.43. The third-order valence-corrected chi connectivity index (χ3v) is 5.37. The van der Waals surface area contributed by atoms with Crippen LogP contribution in [0, 0.1) is 6.92 Å². The molecule has 0 spiro atoms. The van der Waals surface area contributed by atoms with Crippen LogP contribution in [0.3, 0.4) is 0 Å². The number of rotatable bonds is 2. The largest absolute Gasteiger partial charge is 1.00 e. The third-order valence-electron chi connectivity index (χ3n) is 4.84. The minimum atomic E-state index is 0. The van der Waals surface area contributed by atoms with Crippen molar-refractivity contribution >= 4 is 15.9 Å². The summed E-state index contributed by atoms with van der Waals surface area (Å²) in [6.07, 6.45) is 7.35. The number of aromatic nitrogens is 2. The SMILES string of the molecule is Cc1ccc(-n2c(-c3ccc(Br)cc3)c[n+]3c2CCCCC3)cc1.[Br-]. The van der Waals surface area contributed by atoms with Gasteiger partial charge in [0.25, 0.3) is 5.82 Å². The van der Waals surface area contributed by atoms with Gasteiger partial charge in [-0.2, -0.15) is 4.57 Å². The van der Waals surface area contributed by atoms with Gasteiger partial charge in [-0.3, -0.25) is 0 Å². The Morgan fingerprint density at radius 2 is 1.64 bits per heavy atom. The van der Waals surface area contributed by atoms with Gasteiger partial charge in [0.05, 0.1) is 6.54 Å². The molecular formula is C21H22Br2N2. The molecule has 2 nitrogen and oxygen atoms in total. The van der Waals surface area contributed by atoms with E-state index in [0.29, 0.717) is 0 Å². The summed E-state index contributed by atoms with van der Waals surface area (Å²) in [4.78, 5) is 0. The Hall–Kier alpha value is -1.39. The standard InChI is InChI=1S/C21H22BrN2.BrH/c1-16-6-12-19(13-7-16)24-20(17-8-10-18(22)11-9-17)15-23-14-4-2-3-5-21(23)24;/h6-13,15H,2-5,14H2,1H3;1H/q+1;/p-1. The summed E-state index contributed by atoms with van der Waals surface area (Å²) in [5, 5.41) is 0. The molecule has 0 saturated carbocycles. The molecule has 0 bridgehead atoms. The normalized spacial score (nSPS) is 13.7. The fraction of sp³-hybridized carbons (Fsp3) is 0.286. The topological polar surface area (TPSA) is 8.81 Å². The molecule has 2 aromatic carbocycles. The van der Waals surface area contributed by atoms with E-state index in [1.165, 1.54) is 47.6 Å². The maximum absolute atomic E-state index is 3.54. The fourth-order valence-electron chi connectivity index (χ4n) is 3.54. The summed E-state index contributed by atoms with van der Waals surface area (Å²) < 4.78 is 6.03. The maximum atomic E-state index is 3.54. The zero-order chi connectivity index (χ0) is 16.5. The second-order valence-electron chi connectivity index (χ2n) is 6.61. The molecule has 0 fully saturated rings. The lowest BCUT2D eigenvalue weighted by molar-refractivity contribution is -0.702. The van der Waals surface area contributed by atoms with Crippen LogP contribution in [0.25, 0.3) is 16.9 Å². The number of nitrogens with zero attached hydrogens (tertiary/aromatic N) is 2. The lowest BCUT2D eigenvalue weighted by Gasteiger charge is -2.06. The number of fused-ring (bicyclic) bond motifs is 1. The monoisotopic (exact) mass is 460 g/mol. The second-order valence-corrected chi connectivity index (χ2v) is 7.53.